The van der Waals surface area contributed by atoms with Crippen molar-refractivity contribution in [1.29, 1.82) is 0 Å². The van der Waals surface area contributed by atoms with Crippen LogP contribution in [0.4, 0.5) is 0 Å². The number of aliphatic hydroxyl groups excluding tert-OH is 1. The third-order valence-electron chi connectivity index (χ3n) is 4.93. The molecule has 2 aliphatic heterocycles. The SMILES string of the molecule is CC(=O)N1[C@H]2CC[C@@H]1[C@@](CO)(Cc1ccccc1)C2. The fourth-order valence-corrected chi connectivity index (χ4v) is 4.18. The molecule has 0 spiro atoms. The Morgan fingerprint density at radius 1 is 1.37 bits per heavy atom. The van der Waals surface area contributed by atoms with Gasteiger partial charge in [-0.15, -0.1) is 0 Å². The highest BCUT2D eigenvalue weighted by molar-refractivity contribution is 5.75. The minimum atomic E-state index is -0.129. The van der Waals surface area contributed by atoms with Gasteiger partial charge in [0, 0.05) is 24.4 Å². The van der Waals surface area contributed by atoms with Crippen LogP contribution in [0.3, 0.4) is 0 Å². The first-order chi connectivity index (χ1) is 9.16. The number of nitrogens with zero attached hydrogens (tertiary/aromatic N) is 1. The minimum Gasteiger partial charge on any atom is -0.396 e. The summed E-state index contributed by atoms with van der Waals surface area (Å²) in [6.45, 7) is 1.83. The van der Waals surface area contributed by atoms with E-state index >= 15 is 0 Å². The van der Waals surface area contributed by atoms with Gasteiger partial charge in [0.2, 0.25) is 5.91 Å². The van der Waals surface area contributed by atoms with Crippen LogP contribution in [0.5, 0.6) is 0 Å². The van der Waals surface area contributed by atoms with E-state index in [1.165, 1.54) is 5.56 Å². The van der Waals surface area contributed by atoms with Gasteiger partial charge < -0.3 is 10.0 Å². The Morgan fingerprint density at radius 3 is 2.68 bits per heavy atom. The van der Waals surface area contributed by atoms with Crippen molar-refractivity contribution in [3.8, 4) is 0 Å². The lowest BCUT2D eigenvalue weighted by atomic mass is 9.70. The summed E-state index contributed by atoms with van der Waals surface area (Å²) in [4.78, 5) is 13.8. The number of carbonyl (C=O) groups excluding carboxylic acids is 1. The van der Waals surface area contributed by atoms with Crippen molar-refractivity contribution in [1.82, 2.24) is 4.90 Å². The van der Waals surface area contributed by atoms with Crippen LogP contribution in [0.1, 0.15) is 31.7 Å². The van der Waals surface area contributed by atoms with Gasteiger partial charge in [0.15, 0.2) is 0 Å². The molecule has 3 rings (SSSR count). The maximum atomic E-state index is 11.8. The fraction of sp³-hybridized carbons (Fsp3) is 0.562. The molecule has 2 saturated heterocycles. The van der Waals surface area contributed by atoms with E-state index in [0.717, 1.165) is 25.7 Å². The number of hydrogen-bond acceptors (Lipinski definition) is 2. The van der Waals surface area contributed by atoms with Crippen LogP contribution in [0.15, 0.2) is 30.3 Å². The zero-order chi connectivity index (χ0) is 13.5. The second-order valence-corrected chi connectivity index (χ2v) is 6.06. The van der Waals surface area contributed by atoms with E-state index in [1.54, 1.807) is 6.92 Å². The van der Waals surface area contributed by atoms with Crippen LogP contribution >= 0.6 is 0 Å². The summed E-state index contributed by atoms with van der Waals surface area (Å²) in [6, 6.07) is 10.9. The fourth-order valence-electron chi connectivity index (χ4n) is 4.18. The van der Waals surface area contributed by atoms with Crippen LogP contribution < -0.4 is 0 Å². The minimum absolute atomic E-state index is 0.129. The molecule has 2 fully saturated rings. The molecule has 3 atom stereocenters. The first-order valence-corrected chi connectivity index (χ1v) is 7.10. The van der Waals surface area contributed by atoms with E-state index < -0.39 is 0 Å². The van der Waals surface area contributed by atoms with Gasteiger partial charge in [0.1, 0.15) is 0 Å². The molecule has 3 nitrogen and oxygen atoms in total. The Labute approximate surface area is 114 Å². The summed E-state index contributed by atoms with van der Waals surface area (Å²) in [5.74, 6) is 0.163. The molecular formula is C16H21NO2. The van der Waals surface area contributed by atoms with E-state index in [2.05, 4.69) is 12.1 Å². The molecule has 2 bridgehead atoms. The lowest BCUT2D eigenvalue weighted by molar-refractivity contribution is -0.130. The predicted molar refractivity (Wildman–Crippen MR) is 73.6 cm³/mol. The van der Waals surface area contributed by atoms with Crippen molar-refractivity contribution in [3.63, 3.8) is 0 Å². The maximum absolute atomic E-state index is 11.8. The van der Waals surface area contributed by atoms with Gasteiger partial charge in [-0.3, -0.25) is 4.79 Å². The highest BCUT2D eigenvalue weighted by Gasteiger charge is 2.56. The van der Waals surface area contributed by atoms with Crippen LogP contribution in [-0.4, -0.2) is 34.6 Å². The number of benzene rings is 1. The molecule has 1 amide bonds. The molecule has 0 aliphatic carbocycles. The molecule has 3 heteroatoms. The monoisotopic (exact) mass is 259 g/mol. The molecule has 102 valence electrons. The van der Waals surface area contributed by atoms with Crippen molar-refractivity contribution >= 4 is 5.91 Å². The molecule has 2 aliphatic rings. The smallest absolute Gasteiger partial charge is 0.219 e. The molecule has 2 heterocycles. The van der Waals surface area contributed by atoms with Gasteiger partial charge >= 0.3 is 0 Å². The predicted octanol–water partition coefficient (Wildman–Crippen LogP) is 1.99. The molecular weight excluding hydrogens is 238 g/mol. The van der Waals surface area contributed by atoms with E-state index in [9.17, 15) is 9.90 Å². The van der Waals surface area contributed by atoms with Crippen LogP contribution in [0, 0.1) is 5.41 Å². The summed E-state index contributed by atoms with van der Waals surface area (Å²) in [6.07, 6.45) is 3.95. The average Bonchev–Trinajstić information content (AvgIpc) is 2.96. The number of amides is 1. The quantitative estimate of drug-likeness (QED) is 0.902. The Bertz CT molecular complexity index is 473. The lowest BCUT2D eigenvalue weighted by Crippen LogP contribution is -2.43. The van der Waals surface area contributed by atoms with Crippen LogP contribution in [0.2, 0.25) is 0 Å². The normalized spacial score (nSPS) is 32.8. The molecule has 0 radical (unpaired) electrons. The average molecular weight is 259 g/mol. The van der Waals surface area contributed by atoms with Gasteiger partial charge in [-0.25, -0.2) is 0 Å². The van der Waals surface area contributed by atoms with Crippen molar-refractivity contribution in [2.75, 3.05) is 6.61 Å². The third-order valence-corrected chi connectivity index (χ3v) is 4.93. The van der Waals surface area contributed by atoms with Gasteiger partial charge in [0.05, 0.1) is 6.61 Å². The maximum Gasteiger partial charge on any atom is 0.219 e. The Kier molecular flexibility index (Phi) is 3.09. The van der Waals surface area contributed by atoms with Crippen LogP contribution in [0.25, 0.3) is 0 Å². The van der Waals surface area contributed by atoms with Gasteiger partial charge in [-0.05, 0) is 31.2 Å². The van der Waals surface area contributed by atoms with Gasteiger partial charge in [-0.2, -0.15) is 0 Å². The first kappa shape index (κ1) is 12.7. The zero-order valence-corrected chi connectivity index (χ0v) is 11.4. The molecule has 0 saturated carbocycles. The molecule has 1 aromatic carbocycles. The van der Waals surface area contributed by atoms with E-state index in [-0.39, 0.29) is 24.0 Å². The van der Waals surface area contributed by atoms with E-state index in [0.29, 0.717) is 6.04 Å². The standard InChI is InChI=1S/C16H21NO2/c1-12(19)17-14-7-8-15(17)16(10-14,11-18)9-13-5-3-2-4-6-13/h2-6,14-15,18H,7-11H2,1H3/t14-,15+,16-/m0/s1. The molecule has 1 N–H and O–H groups in total. The summed E-state index contributed by atoms with van der Waals surface area (Å²) in [5.41, 5.74) is 1.13. The topological polar surface area (TPSA) is 40.5 Å². The summed E-state index contributed by atoms with van der Waals surface area (Å²) in [5, 5.41) is 9.96. The summed E-state index contributed by atoms with van der Waals surface area (Å²) in [7, 11) is 0. The Balaban J connectivity index is 1.87. The molecule has 0 aromatic heterocycles. The highest BCUT2D eigenvalue weighted by Crippen LogP contribution is 2.51. The second kappa shape index (κ2) is 4.64. The number of rotatable bonds is 3. The van der Waals surface area contributed by atoms with Crippen molar-refractivity contribution in [3.05, 3.63) is 35.9 Å². The Hall–Kier alpha value is -1.35. The van der Waals surface area contributed by atoms with Gasteiger partial charge in [0.25, 0.3) is 0 Å². The summed E-state index contributed by atoms with van der Waals surface area (Å²) < 4.78 is 0. The molecule has 0 unspecified atom stereocenters. The van der Waals surface area contributed by atoms with Crippen molar-refractivity contribution in [2.45, 2.75) is 44.7 Å². The van der Waals surface area contributed by atoms with Gasteiger partial charge in [-0.1, -0.05) is 30.3 Å². The number of carbonyl (C=O) groups is 1. The highest BCUT2D eigenvalue weighted by atomic mass is 16.3. The van der Waals surface area contributed by atoms with Crippen molar-refractivity contribution in [2.24, 2.45) is 5.41 Å². The van der Waals surface area contributed by atoms with Crippen LogP contribution in [-0.2, 0) is 11.2 Å². The van der Waals surface area contributed by atoms with E-state index in [4.69, 9.17) is 0 Å². The second-order valence-electron chi connectivity index (χ2n) is 6.06. The number of hydrogen-bond donors (Lipinski definition) is 1. The molecule has 1 aromatic rings. The van der Waals surface area contributed by atoms with Crippen molar-refractivity contribution < 1.29 is 9.90 Å². The van der Waals surface area contributed by atoms with E-state index in [1.807, 2.05) is 23.1 Å². The largest absolute Gasteiger partial charge is 0.396 e. The third kappa shape index (κ3) is 1.96. The zero-order valence-electron chi connectivity index (χ0n) is 11.4. The summed E-state index contributed by atoms with van der Waals surface area (Å²) >= 11 is 0. The lowest BCUT2D eigenvalue weighted by Gasteiger charge is -2.35. The first-order valence-electron chi connectivity index (χ1n) is 7.10. The number of aliphatic hydroxyl groups is 1. The Morgan fingerprint density at radius 2 is 2.11 bits per heavy atom. The number of fused-ring (bicyclic) bond motifs is 2. The molecule has 19 heavy (non-hydrogen) atoms.